The molecule has 1 saturated heterocycles. The van der Waals surface area contributed by atoms with Crippen LogP contribution in [-0.2, 0) is 0 Å². The van der Waals surface area contributed by atoms with E-state index in [4.69, 9.17) is 0 Å². The van der Waals surface area contributed by atoms with Crippen molar-refractivity contribution in [1.82, 2.24) is 14.8 Å². The predicted octanol–water partition coefficient (Wildman–Crippen LogP) is 4.43. The highest BCUT2D eigenvalue weighted by Crippen LogP contribution is 2.36. The first-order valence-corrected chi connectivity index (χ1v) is 8.49. The van der Waals surface area contributed by atoms with Gasteiger partial charge in [0.2, 0.25) is 5.91 Å². The van der Waals surface area contributed by atoms with E-state index in [0.717, 1.165) is 29.6 Å². The van der Waals surface area contributed by atoms with Crippen molar-refractivity contribution in [2.24, 2.45) is 0 Å². The molecule has 2 heterocycles. The fraction of sp³-hybridized carbons (Fsp3) is 0.500. The lowest BCUT2D eigenvalue weighted by Crippen LogP contribution is -2.45. The van der Waals surface area contributed by atoms with Crippen molar-refractivity contribution in [2.75, 3.05) is 26.2 Å². The zero-order chi connectivity index (χ0) is 18.0. The monoisotopic (exact) mass is 425 g/mol. The highest BCUT2D eigenvalue weighted by molar-refractivity contribution is 5.93. The third kappa shape index (κ3) is 5.60. The van der Waals surface area contributed by atoms with Gasteiger partial charge in [-0.2, -0.15) is 13.2 Å². The lowest BCUT2D eigenvalue weighted by Gasteiger charge is -2.35. The van der Waals surface area contributed by atoms with Gasteiger partial charge in [-0.15, -0.1) is 24.8 Å². The summed E-state index contributed by atoms with van der Waals surface area (Å²) >= 11 is 0. The predicted molar refractivity (Wildman–Crippen MR) is 105 cm³/mol. The number of nitrogens with one attached hydrogen (secondary N) is 1. The number of aromatic nitrogens is 1. The summed E-state index contributed by atoms with van der Waals surface area (Å²) < 4.78 is 40.1. The summed E-state index contributed by atoms with van der Waals surface area (Å²) in [6, 6.07) is 7.05. The van der Waals surface area contributed by atoms with Crippen molar-refractivity contribution in [3.05, 3.63) is 36.0 Å². The Kier molecular flexibility index (Phi) is 8.60. The number of carbonyl (C=O) groups is 1. The van der Waals surface area contributed by atoms with Crippen molar-refractivity contribution >= 4 is 41.6 Å². The Morgan fingerprint density at radius 1 is 1.19 bits per heavy atom. The molecule has 0 saturated carbocycles. The van der Waals surface area contributed by atoms with E-state index in [2.05, 4.69) is 10.2 Å². The number of nitrogens with zero attached hydrogens (tertiary/aromatic N) is 2. The van der Waals surface area contributed by atoms with Crippen LogP contribution in [0, 0.1) is 0 Å². The summed E-state index contributed by atoms with van der Waals surface area (Å²) in [4.78, 5) is 14.0. The first kappa shape index (κ1) is 23.8. The number of piperazine rings is 1. The van der Waals surface area contributed by atoms with Crippen molar-refractivity contribution in [2.45, 2.75) is 32.0 Å². The highest BCUT2D eigenvalue weighted by atomic mass is 35.5. The first-order chi connectivity index (χ1) is 11.9. The van der Waals surface area contributed by atoms with E-state index in [1.54, 1.807) is 6.20 Å². The summed E-state index contributed by atoms with van der Waals surface area (Å²) in [7, 11) is 0. The fourth-order valence-corrected chi connectivity index (χ4v) is 3.56. The summed E-state index contributed by atoms with van der Waals surface area (Å²) in [5, 5.41) is 4.08. The summed E-state index contributed by atoms with van der Waals surface area (Å²) in [6.45, 7) is 4.37. The van der Waals surface area contributed by atoms with Gasteiger partial charge in [-0.3, -0.25) is 14.3 Å². The van der Waals surface area contributed by atoms with Crippen LogP contribution in [0.4, 0.5) is 13.2 Å². The number of hydrogen-bond acceptors (Lipinski definition) is 3. The van der Waals surface area contributed by atoms with Gasteiger partial charge in [0.05, 0.1) is 5.52 Å². The van der Waals surface area contributed by atoms with E-state index in [1.165, 1.54) is 11.5 Å². The number of rotatable bonds is 4. The Morgan fingerprint density at radius 2 is 1.81 bits per heavy atom. The largest absolute Gasteiger partial charge is 0.389 e. The number of fused-ring (bicyclic) bond motifs is 1. The summed E-state index contributed by atoms with van der Waals surface area (Å²) in [5.74, 6) is -0.141. The molecule has 1 aliphatic heterocycles. The number of carbonyl (C=O) groups excluding carboxylic acids is 1. The zero-order valence-electron chi connectivity index (χ0n) is 15.0. The summed E-state index contributed by atoms with van der Waals surface area (Å²) in [5.41, 5.74) is 1.55. The lowest BCUT2D eigenvalue weighted by atomic mass is 9.98. The molecule has 0 amide bonds. The van der Waals surface area contributed by atoms with Crippen LogP contribution in [0.5, 0.6) is 0 Å². The summed E-state index contributed by atoms with van der Waals surface area (Å²) in [6.07, 6.45) is -3.31. The number of halogens is 5. The van der Waals surface area contributed by atoms with E-state index < -0.39 is 12.6 Å². The van der Waals surface area contributed by atoms with Gasteiger partial charge in [0, 0.05) is 57.1 Å². The van der Waals surface area contributed by atoms with Gasteiger partial charge >= 0.3 is 6.18 Å². The second kappa shape index (κ2) is 9.78. The molecular formula is C18H24Cl2F3N3O. The Bertz CT molecular complexity index is 758. The number of para-hydroxylation sites is 1. The third-order valence-corrected chi connectivity index (χ3v) is 4.73. The van der Waals surface area contributed by atoms with Crippen molar-refractivity contribution in [3.63, 3.8) is 0 Å². The minimum absolute atomic E-state index is 0. The fourth-order valence-electron chi connectivity index (χ4n) is 3.56. The molecule has 0 unspecified atom stereocenters. The van der Waals surface area contributed by atoms with Crippen LogP contribution in [0.2, 0.25) is 0 Å². The van der Waals surface area contributed by atoms with Gasteiger partial charge in [0.25, 0.3) is 0 Å². The molecule has 2 aromatic rings. The Labute approximate surface area is 168 Å². The number of hydrogen-bond donors (Lipinski definition) is 1. The van der Waals surface area contributed by atoms with Crippen LogP contribution in [0.3, 0.4) is 0 Å². The van der Waals surface area contributed by atoms with E-state index >= 15 is 0 Å². The molecule has 9 heteroatoms. The Morgan fingerprint density at radius 3 is 2.41 bits per heavy atom. The van der Waals surface area contributed by atoms with Gasteiger partial charge in [-0.25, -0.2) is 0 Å². The normalized spacial score (nSPS) is 16.4. The number of alkyl halides is 3. The van der Waals surface area contributed by atoms with E-state index in [1.807, 2.05) is 24.3 Å². The van der Waals surface area contributed by atoms with E-state index in [9.17, 15) is 18.0 Å². The molecule has 1 aliphatic rings. The molecule has 0 radical (unpaired) electrons. The smallest absolute Gasteiger partial charge is 0.314 e. The lowest BCUT2D eigenvalue weighted by molar-refractivity contribution is -0.138. The molecule has 0 bridgehead atoms. The maximum atomic E-state index is 12.9. The molecule has 1 fully saturated rings. The maximum absolute atomic E-state index is 12.9. The molecule has 1 N–H and O–H groups in total. The average Bonchev–Trinajstić information content (AvgIpc) is 2.95. The molecule has 4 nitrogen and oxygen atoms in total. The van der Waals surface area contributed by atoms with Crippen LogP contribution in [0.1, 0.15) is 36.2 Å². The second-order valence-corrected chi connectivity index (χ2v) is 6.45. The van der Waals surface area contributed by atoms with Gasteiger partial charge in [-0.05, 0) is 18.1 Å². The average molecular weight is 426 g/mol. The Balaban J connectivity index is 0.00000182. The molecule has 0 aliphatic carbocycles. The zero-order valence-corrected chi connectivity index (χ0v) is 16.6. The SMILES string of the molecule is CC(=O)n1cc([C@@H](CCC(F)(F)F)N2CCNCC2)c2ccccc21.Cl.Cl. The third-order valence-electron chi connectivity index (χ3n) is 4.73. The van der Waals surface area contributed by atoms with Crippen LogP contribution < -0.4 is 5.32 Å². The van der Waals surface area contributed by atoms with Crippen molar-refractivity contribution in [1.29, 1.82) is 0 Å². The van der Waals surface area contributed by atoms with Crippen LogP contribution >= 0.6 is 24.8 Å². The van der Waals surface area contributed by atoms with Crippen LogP contribution in [-0.4, -0.2) is 47.7 Å². The molecule has 3 rings (SSSR count). The molecule has 0 spiro atoms. The minimum atomic E-state index is -4.19. The van der Waals surface area contributed by atoms with E-state index in [0.29, 0.717) is 13.1 Å². The van der Waals surface area contributed by atoms with E-state index in [-0.39, 0.29) is 43.2 Å². The quantitative estimate of drug-likeness (QED) is 0.786. The second-order valence-electron chi connectivity index (χ2n) is 6.45. The molecular weight excluding hydrogens is 402 g/mol. The van der Waals surface area contributed by atoms with Gasteiger partial charge in [0.15, 0.2) is 0 Å². The Hall–Kier alpha value is -1.28. The van der Waals surface area contributed by atoms with Crippen LogP contribution in [0.25, 0.3) is 10.9 Å². The first-order valence-electron chi connectivity index (χ1n) is 8.49. The van der Waals surface area contributed by atoms with Gasteiger partial charge in [-0.1, -0.05) is 18.2 Å². The molecule has 1 aromatic carbocycles. The molecule has 1 aromatic heterocycles. The van der Waals surface area contributed by atoms with Gasteiger partial charge < -0.3 is 5.32 Å². The molecule has 152 valence electrons. The van der Waals surface area contributed by atoms with Crippen molar-refractivity contribution in [3.8, 4) is 0 Å². The van der Waals surface area contributed by atoms with Gasteiger partial charge in [0.1, 0.15) is 0 Å². The molecule has 27 heavy (non-hydrogen) atoms. The standard InChI is InChI=1S/C18H22F3N3O.2ClH/c1-13(25)24-12-15(14-4-2-3-5-17(14)24)16(6-7-18(19,20)21)23-10-8-22-9-11-23;;/h2-5,12,16,22H,6-11H2,1H3;2*1H/t16-;;/m1../s1. The maximum Gasteiger partial charge on any atom is 0.389 e. The van der Waals surface area contributed by atoms with Crippen molar-refractivity contribution < 1.29 is 18.0 Å². The highest BCUT2D eigenvalue weighted by Gasteiger charge is 2.32. The van der Waals surface area contributed by atoms with Crippen LogP contribution in [0.15, 0.2) is 30.5 Å². The molecule has 1 atom stereocenters. The minimum Gasteiger partial charge on any atom is -0.314 e. The number of benzene rings is 1. The topological polar surface area (TPSA) is 37.3 Å².